The first-order valence-electron chi connectivity index (χ1n) is 9.56. The average molecular weight is 394 g/mol. The molecule has 0 bridgehead atoms. The molecular weight excluding hydrogens is 368 g/mol. The first-order valence-corrected chi connectivity index (χ1v) is 9.56. The van der Waals surface area contributed by atoms with Gasteiger partial charge in [-0.2, -0.15) is 0 Å². The van der Waals surface area contributed by atoms with Crippen molar-refractivity contribution in [2.45, 2.75) is 38.2 Å². The molecule has 1 atom stereocenters. The summed E-state index contributed by atoms with van der Waals surface area (Å²) in [6.07, 6.45) is 0.529. The molecule has 0 spiro atoms. The van der Waals surface area contributed by atoms with Gasteiger partial charge in [-0.05, 0) is 29.2 Å². The number of nitrogens with zero attached hydrogens (tertiary/aromatic N) is 3. The van der Waals surface area contributed by atoms with Crippen molar-refractivity contribution in [1.82, 2.24) is 14.9 Å². The van der Waals surface area contributed by atoms with Gasteiger partial charge in [0.25, 0.3) is 11.8 Å². The Labute approximate surface area is 170 Å². The molecule has 2 heterocycles. The SMILES string of the molecule is C=C(CC1(O)CCN(C)C1=O)c1cccc(-c2nc(C(N)=O)cc(C(C)C)n2)c1. The standard InChI is InChI=1S/C22H26N4O3/c1-13(2)17-11-18(19(23)27)25-20(24-17)16-7-5-6-15(10-16)14(3)12-22(29)8-9-26(4)21(22)28/h5-7,10-11,13,29H,3,8-9,12H2,1-2,4H3,(H2,23,27). The zero-order valence-corrected chi connectivity index (χ0v) is 17.0. The molecule has 1 fully saturated rings. The number of carbonyl (C=O) groups excluding carboxylic acids is 2. The van der Waals surface area contributed by atoms with E-state index in [1.54, 1.807) is 13.1 Å². The number of amides is 2. The van der Waals surface area contributed by atoms with Crippen molar-refractivity contribution in [3.8, 4) is 11.4 Å². The van der Waals surface area contributed by atoms with E-state index in [-0.39, 0.29) is 23.9 Å². The molecule has 3 rings (SSSR count). The number of primary amides is 1. The molecule has 1 aliphatic heterocycles. The van der Waals surface area contributed by atoms with Crippen molar-refractivity contribution in [2.75, 3.05) is 13.6 Å². The number of likely N-dealkylation sites (N-methyl/N-ethyl adjacent to an activating group) is 1. The van der Waals surface area contributed by atoms with Gasteiger partial charge >= 0.3 is 0 Å². The smallest absolute Gasteiger partial charge is 0.267 e. The van der Waals surface area contributed by atoms with Gasteiger partial charge in [0.05, 0.1) is 0 Å². The van der Waals surface area contributed by atoms with E-state index in [2.05, 4.69) is 16.5 Å². The van der Waals surface area contributed by atoms with Gasteiger partial charge < -0.3 is 15.7 Å². The number of hydrogen-bond acceptors (Lipinski definition) is 5. The molecule has 152 valence electrons. The van der Waals surface area contributed by atoms with Gasteiger partial charge in [-0.25, -0.2) is 9.97 Å². The lowest BCUT2D eigenvalue weighted by molar-refractivity contribution is -0.141. The van der Waals surface area contributed by atoms with E-state index in [0.29, 0.717) is 29.9 Å². The molecule has 29 heavy (non-hydrogen) atoms. The molecule has 7 nitrogen and oxygen atoms in total. The zero-order chi connectivity index (χ0) is 21.3. The molecule has 0 radical (unpaired) electrons. The van der Waals surface area contributed by atoms with Crippen molar-refractivity contribution in [2.24, 2.45) is 5.73 Å². The molecular formula is C22H26N4O3. The number of rotatable bonds is 6. The Morgan fingerprint density at radius 1 is 1.34 bits per heavy atom. The highest BCUT2D eigenvalue weighted by Crippen LogP contribution is 2.33. The minimum Gasteiger partial charge on any atom is -0.380 e. The number of likely N-dealkylation sites (tertiary alicyclic amines) is 1. The second-order valence-electron chi connectivity index (χ2n) is 7.89. The van der Waals surface area contributed by atoms with Crippen LogP contribution in [0.5, 0.6) is 0 Å². The number of nitrogens with two attached hydrogens (primary N) is 1. The number of aromatic nitrogens is 2. The summed E-state index contributed by atoms with van der Waals surface area (Å²) in [7, 11) is 1.68. The lowest BCUT2D eigenvalue weighted by Gasteiger charge is -2.22. The molecule has 1 aliphatic rings. The molecule has 2 aromatic rings. The molecule has 0 aliphatic carbocycles. The number of hydrogen-bond donors (Lipinski definition) is 2. The van der Waals surface area contributed by atoms with Gasteiger partial charge in [0.15, 0.2) is 5.82 Å². The predicted octanol–water partition coefficient (Wildman–Crippen LogP) is 2.36. The summed E-state index contributed by atoms with van der Waals surface area (Å²) in [5.74, 6) is -0.390. The summed E-state index contributed by atoms with van der Waals surface area (Å²) in [6.45, 7) is 8.55. The molecule has 0 saturated carbocycles. The van der Waals surface area contributed by atoms with Gasteiger partial charge in [-0.1, -0.05) is 38.6 Å². The third kappa shape index (κ3) is 4.19. The van der Waals surface area contributed by atoms with Crippen molar-refractivity contribution in [3.63, 3.8) is 0 Å². The highest BCUT2D eigenvalue weighted by molar-refractivity contribution is 5.91. The molecule has 1 unspecified atom stereocenters. The van der Waals surface area contributed by atoms with Crippen LogP contribution in [-0.4, -0.2) is 51.0 Å². The molecule has 3 N–H and O–H groups in total. The summed E-state index contributed by atoms with van der Waals surface area (Å²) in [5, 5.41) is 10.7. The molecule has 2 amide bonds. The normalized spacial score (nSPS) is 19.1. The Balaban J connectivity index is 1.93. The van der Waals surface area contributed by atoms with Crippen molar-refractivity contribution in [1.29, 1.82) is 0 Å². The highest BCUT2D eigenvalue weighted by atomic mass is 16.3. The molecule has 1 saturated heterocycles. The maximum absolute atomic E-state index is 12.3. The lowest BCUT2D eigenvalue weighted by atomic mass is 9.89. The van der Waals surface area contributed by atoms with Crippen molar-refractivity contribution in [3.05, 3.63) is 53.9 Å². The summed E-state index contributed by atoms with van der Waals surface area (Å²) in [5.41, 5.74) is 7.02. The largest absolute Gasteiger partial charge is 0.380 e. The molecule has 1 aromatic carbocycles. The van der Waals surface area contributed by atoms with Gasteiger partial charge in [0.1, 0.15) is 11.3 Å². The Hall–Kier alpha value is -3.06. The van der Waals surface area contributed by atoms with E-state index < -0.39 is 11.5 Å². The molecule has 7 heteroatoms. The van der Waals surface area contributed by atoms with Crippen LogP contribution in [0.3, 0.4) is 0 Å². The number of aliphatic hydroxyl groups is 1. The summed E-state index contributed by atoms with van der Waals surface area (Å²) in [4.78, 5) is 34.3. The fourth-order valence-electron chi connectivity index (χ4n) is 3.43. The van der Waals surface area contributed by atoms with Crippen LogP contribution < -0.4 is 5.73 Å². The predicted molar refractivity (Wildman–Crippen MR) is 111 cm³/mol. The number of carbonyl (C=O) groups is 2. The Kier molecular flexibility index (Phi) is 5.53. The van der Waals surface area contributed by atoms with Crippen LogP contribution in [-0.2, 0) is 4.79 Å². The highest BCUT2D eigenvalue weighted by Gasteiger charge is 2.43. The summed E-state index contributed by atoms with van der Waals surface area (Å²) in [6, 6.07) is 8.98. The van der Waals surface area contributed by atoms with Crippen LogP contribution in [0.1, 0.15) is 54.4 Å². The fourth-order valence-corrected chi connectivity index (χ4v) is 3.43. The van der Waals surface area contributed by atoms with Gasteiger partial charge in [-0.3, -0.25) is 9.59 Å². The minimum absolute atomic E-state index is 0.104. The second-order valence-corrected chi connectivity index (χ2v) is 7.89. The van der Waals surface area contributed by atoms with Crippen LogP contribution in [0.15, 0.2) is 36.9 Å². The Bertz CT molecular complexity index is 986. The van der Waals surface area contributed by atoms with Gasteiger partial charge in [0.2, 0.25) is 0 Å². The Morgan fingerprint density at radius 2 is 2.07 bits per heavy atom. The maximum atomic E-state index is 12.3. The quantitative estimate of drug-likeness (QED) is 0.782. The lowest BCUT2D eigenvalue weighted by Crippen LogP contribution is -2.38. The van der Waals surface area contributed by atoms with E-state index in [9.17, 15) is 14.7 Å². The van der Waals surface area contributed by atoms with Crippen LogP contribution in [0.25, 0.3) is 17.0 Å². The third-order valence-electron chi connectivity index (χ3n) is 5.23. The topological polar surface area (TPSA) is 109 Å². The van der Waals surface area contributed by atoms with E-state index in [0.717, 1.165) is 11.3 Å². The molecule has 1 aromatic heterocycles. The monoisotopic (exact) mass is 394 g/mol. The maximum Gasteiger partial charge on any atom is 0.267 e. The van der Waals surface area contributed by atoms with Gasteiger partial charge in [0, 0.05) is 37.7 Å². The number of benzene rings is 1. The van der Waals surface area contributed by atoms with E-state index in [1.165, 1.54) is 4.90 Å². The zero-order valence-electron chi connectivity index (χ0n) is 17.0. The van der Waals surface area contributed by atoms with Crippen LogP contribution in [0.4, 0.5) is 0 Å². The summed E-state index contributed by atoms with van der Waals surface area (Å²) < 4.78 is 0. The van der Waals surface area contributed by atoms with E-state index >= 15 is 0 Å². The Morgan fingerprint density at radius 3 is 2.66 bits per heavy atom. The summed E-state index contributed by atoms with van der Waals surface area (Å²) >= 11 is 0. The first kappa shape index (κ1) is 20.7. The fraction of sp³-hybridized carbons (Fsp3) is 0.364. The van der Waals surface area contributed by atoms with Crippen molar-refractivity contribution >= 4 is 17.4 Å². The third-order valence-corrected chi connectivity index (χ3v) is 5.23. The van der Waals surface area contributed by atoms with E-state index in [4.69, 9.17) is 5.73 Å². The van der Waals surface area contributed by atoms with Crippen LogP contribution in [0, 0.1) is 0 Å². The van der Waals surface area contributed by atoms with Crippen molar-refractivity contribution < 1.29 is 14.7 Å². The van der Waals surface area contributed by atoms with Crippen LogP contribution >= 0.6 is 0 Å². The average Bonchev–Trinajstić information content (AvgIpc) is 2.95. The van der Waals surface area contributed by atoms with E-state index in [1.807, 2.05) is 38.1 Å². The second kappa shape index (κ2) is 7.75. The first-order chi connectivity index (χ1) is 13.6. The minimum atomic E-state index is -1.42. The van der Waals surface area contributed by atoms with Crippen LogP contribution in [0.2, 0.25) is 0 Å². The van der Waals surface area contributed by atoms with Gasteiger partial charge in [-0.15, -0.1) is 0 Å².